The van der Waals surface area contributed by atoms with Crippen molar-refractivity contribution < 1.29 is 4.79 Å². The Morgan fingerprint density at radius 2 is 1.72 bits per heavy atom. The van der Waals surface area contributed by atoms with E-state index in [0.717, 1.165) is 42.4 Å². The summed E-state index contributed by atoms with van der Waals surface area (Å²) < 4.78 is 0. The summed E-state index contributed by atoms with van der Waals surface area (Å²) in [6, 6.07) is 14.2. The van der Waals surface area contributed by atoms with Crippen LogP contribution >= 0.6 is 23.4 Å². The standard InChI is InChI=1S/C23H30ClN3OS/c1-23(2,3)17-8-10-18(11-9-17)29-16-21(28)25-20-7-5-6-19(24)22(20)27-14-12-26(4)13-15-27/h5-11H,12-16H2,1-4H3,(H,25,28). The van der Waals surface area contributed by atoms with Gasteiger partial charge in [-0.3, -0.25) is 4.79 Å². The second-order valence-corrected chi connectivity index (χ2v) is 9.99. The molecule has 1 saturated heterocycles. The number of likely N-dealkylation sites (N-methyl/N-ethyl adjacent to an activating group) is 1. The molecule has 2 aromatic carbocycles. The fourth-order valence-electron chi connectivity index (χ4n) is 3.35. The molecule has 0 radical (unpaired) electrons. The van der Waals surface area contributed by atoms with Crippen molar-refractivity contribution in [1.82, 2.24) is 4.90 Å². The topological polar surface area (TPSA) is 35.6 Å². The van der Waals surface area contributed by atoms with Crippen molar-refractivity contribution in [1.29, 1.82) is 0 Å². The number of hydrogen-bond donors (Lipinski definition) is 1. The number of benzene rings is 2. The summed E-state index contributed by atoms with van der Waals surface area (Å²) in [6.45, 7) is 10.4. The average molecular weight is 432 g/mol. The maximum Gasteiger partial charge on any atom is 0.234 e. The van der Waals surface area contributed by atoms with Crippen LogP contribution in [0.3, 0.4) is 0 Å². The lowest BCUT2D eigenvalue weighted by Gasteiger charge is -2.35. The Bertz CT molecular complexity index is 840. The summed E-state index contributed by atoms with van der Waals surface area (Å²) >= 11 is 8.04. The Morgan fingerprint density at radius 3 is 2.34 bits per heavy atom. The third kappa shape index (κ3) is 5.91. The van der Waals surface area contributed by atoms with E-state index in [1.165, 1.54) is 5.56 Å². The Balaban J connectivity index is 1.63. The molecule has 1 heterocycles. The largest absolute Gasteiger partial charge is 0.366 e. The molecule has 0 aromatic heterocycles. The van der Waals surface area contributed by atoms with Gasteiger partial charge in [0.05, 0.1) is 22.2 Å². The zero-order valence-electron chi connectivity index (χ0n) is 17.7. The lowest BCUT2D eigenvalue weighted by molar-refractivity contribution is -0.113. The number of nitrogens with one attached hydrogen (secondary N) is 1. The number of piperazine rings is 1. The summed E-state index contributed by atoms with van der Waals surface area (Å²) in [4.78, 5) is 18.3. The zero-order chi connectivity index (χ0) is 21.0. The molecule has 1 N–H and O–H groups in total. The molecule has 0 aliphatic carbocycles. The second kappa shape index (κ2) is 9.41. The number of thioether (sulfide) groups is 1. The number of amides is 1. The van der Waals surface area contributed by atoms with Gasteiger partial charge in [-0.2, -0.15) is 0 Å². The third-order valence-electron chi connectivity index (χ3n) is 5.17. The molecule has 1 amide bonds. The van der Waals surface area contributed by atoms with Gasteiger partial charge in [0.15, 0.2) is 0 Å². The minimum atomic E-state index is -0.0208. The van der Waals surface area contributed by atoms with E-state index < -0.39 is 0 Å². The predicted octanol–water partition coefficient (Wildman–Crippen LogP) is 5.12. The number of anilines is 2. The van der Waals surface area contributed by atoms with Crippen LogP contribution in [0, 0.1) is 0 Å². The lowest BCUT2D eigenvalue weighted by Crippen LogP contribution is -2.44. The number of carbonyl (C=O) groups excluding carboxylic acids is 1. The van der Waals surface area contributed by atoms with E-state index in [2.05, 4.69) is 67.2 Å². The van der Waals surface area contributed by atoms with Gasteiger partial charge in [-0.15, -0.1) is 11.8 Å². The lowest BCUT2D eigenvalue weighted by atomic mass is 9.87. The molecular formula is C23H30ClN3OS. The maximum absolute atomic E-state index is 12.6. The van der Waals surface area contributed by atoms with Gasteiger partial charge in [0.1, 0.15) is 0 Å². The first-order chi connectivity index (χ1) is 13.7. The monoisotopic (exact) mass is 431 g/mol. The molecule has 2 aromatic rings. The van der Waals surface area contributed by atoms with Crippen molar-refractivity contribution >= 4 is 40.6 Å². The number of hydrogen-bond acceptors (Lipinski definition) is 4. The van der Waals surface area contributed by atoms with Gasteiger partial charge in [-0.05, 0) is 42.3 Å². The van der Waals surface area contributed by atoms with Crippen LogP contribution in [-0.4, -0.2) is 49.8 Å². The van der Waals surface area contributed by atoms with E-state index in [1.807, 2.05) is 18.2 Å². The number of para-hydroxylation sites is 1. The van der Waals surface area contributed by atoms with Crippen LogP contribution in [0.1, 0.15) is 26.3 Å². The van der Waals surface area contributed by atoms with Crippen LogP contribution in [0.25, 0.3) is 0 Å². The number of halogens is 1. The van der Waals surface area contributed by atoms with Crippen LogP contribution in [0.5, 0.6) is 0 Å². The van der Waals surface area contributed by atoms with E-state index >= 15 is 0 Å². The van der Waals surface area contributed by atoms with Crippen LogP contribution in [0.2, 0.25) is 5.02 Å². The van der Waals surface area contributed by atoms with Crippen molar-refractivity contribution in [2.45, 2.75) is 31.1 Å². The van der Waals surface area contributed by atoms with Gasteiger partial charge >= 0.3 is 0 Å². The molecule has 0 bridgehead atoms. The first-order valence-electron chi connectivity index (χ1n) is 9.99. The fourth-order valence-corrected chi connectivity index (χ4v) is 4.35. The Morgan fingerprint density at radius 1 is 1.07 bits per heavy atom. The van der Waals surface area contributed by atoms with Crippen molar-refractivity contribution in [2.75, 3.05) is 49.2 Å². The molecule has 0 unspecified atom stereocenters. The summed E-state index contributed by atoms with van der Waals surface area (Å²) in [7, 11) is 2.12. The highest BCUT2D eigenvalue weighted by atomic mass is 35.5. The van der Waals surface area contributed by atoms with Gasteiger partial charge < -0.3 is 15.1 Å². The van der Waals surface area contributed by atoms with Crippen molar-refractivity contribution in [2.24, 2.45) is 0 Å². The van der Waals surface area contributed by atoms with Crippen LogP contribution in [-0.2, 0) is 10.2 Å². The van der Waals surface area contributed by atoms with Crippen LogP contribution in [0.4, 0.5) is 11.4 Å². The first kappa shape index (κ1) is 22.0. The smallest absolute Gasteiger partial charge is 0.234 e. The molecule has 0 atom stereocenters. The molecule has 1 fully saturated rings. The van der Waals surface area contributed by atoms with Crippen LogP contribution < -0.4 is 10.2 Å². The van der Waals surface area contributed by atoms with Gasteiger partial charge in [0.2, 0.25) is 5.91 Å². The van der Waals surface area contributed by atoms with Crippen molar-refractivity contribution in [3.8, 4) is 0 Å². The molecule has 29 heavy (non-hydrogen) atoms. The second-order valence-electron chi connectivity index (χ2n) is 8.54. The summed E-state index contributed by atoms with van der Waals surface area (Å²) in [6.07, 6.45) is 0. The molecule has 6 heteroatoms. The molecule has 1 aliphatic rings. The zero-order valence-corrected chi connectivity index (χ0v) is 19.2. The Kier molecular flexibility index (Phi) is 7.14. The molecule has 0 spiro atoms. The summed E-state index contributed by atoms with van der Waals surface area (Å²) in [5.74, 6) is 0.344. The number of rotatable bonds is 5. The Hall–Kier alpha value is -1.69. The number of carbonyl (C=O) groups is 1. The summed E-state index contributed by atoms with van der Waals surface area (Å²) in [5.41, 5.74) is 3.14. The molecular weight excluding hydrogens is 402 g/mol. The SMILES string of the molecule is CN1CCN(c2c(Cl)cccc2NC(=O)CSc2ccc(C(C)(C)C)cc2)CC1. The molecule has 156 valence electrons. The summed E-state index contributed by atoms with van der Waals surface area (Å²) in [5, 5.41) is 3.74. The van der Waals surface area contributed by atoms with Gasteiger partial charge in [-0.1, -0.05) is 50.6 Å². The Labute approximate surface area is 183 Å². The quantitative estimate of drug-likeness (QED) is 0.666. The van der Waals surface area contributed by atoms with Gasteiger partial charge in [0, 0.05) is 31.1 Å². The highest BCUT2D eigenvalue weighted by Crippen LogP contribution is 2.35. The minimum absolute atomic E-state index is 0.0208. The fraction of sp³-hybridized carbons (Fsp3) is 0.435. The first-order valence-corrected chi connectivity index (χ1v) is 11.4. The minimum Gasteiger partial charge on any atom is -0.366 e. The van der Waals surface area contributed by atoms with Gasteiger partial charge in [0.25, 0.3) is 0 Å². The van der Waals surface area contributed by atoms with E-state index in [4.69, 9.17) is 11.6 Å². The van der Waals surface area contributed by atoms with Crippen LogP contribution in [0.15, 0.2) is 47.4 Å². The van der Waals surface area contributed by atoms with Crippen molar-refractivity contribution in [3.05, 3.63) is 53.1 Å². The highest BCUT2D eigenvalue weighted by molar-refractivity contribution is 8.00. The van der Waals surface area contributed by atoms with E-state index in [1.54, 1.807) is 11.8 Å². The molecule has 4 nitrogen and oxygen atoms in total. The number of nitrogens with zero attached hydrogens (tertiary/aromatic N) is 2. The molecule has 3 rings (SSSR count). The predicted molar refractivity (Wildman–Crippen MR) is 126 cm³/mol. The molecule has 0 saturated carbocycles. The maximum atomic E-state index is 12.6. The van der Waals surface area contributed by atoms with Gasteiger partial charge in [-0.25, -0.2) is 0 Å². The van der Waals surface area contributed by atoms with E-state index in [0.29, 0.717) is 10.8 Å². The third-order valence-corrected chi connectivity index (χ3v) is 6.49. The van der Waals surface area contributed by atoms with Crippen molar-refractivity contribution in [3.63, 3.8) is 0 Å². The van der Waals surface area contributed by atoms with E-state index in [9.17, 15) is 4.79 Å². The highest BCUT2D eigenvalue weighted by Gasteiger charge is 2.20. The average Bonchev–Trinajstić information content (AvgIpc) is 2.67. The normalized spacial score (nSPS) is 15.4. The molecule has 1 aliphatic heterocycles. The van der Waals surface area contributed by atoms with E-state index in [-0.39, 0.29) is 11.3 Å².